The lowest BCUT2D eigenvalue weighted by Crippen LogP contribution is -2.14. The largest absolute Gasteiger partial charge is 0.325 e. The predicted octanol–water partition coefficient (Wildman–Crippen LogP) is 4.84. The Morgan fingerprint density at radius 3 is 2.58 bits per heavy atom. The van der Waals surface area contributed by atoms with E-state index in [0.29, 0.717) is 5.75 Å². The average molecular weight is 366 g/mol. The van der Waals surface area contributed by atoms with Gasteiger partial charge in [-0.3, -0.25) is 9.36 Å². The summed E-state index contributed by atoms with van der Waals surface area (Å²) in [7, 11) is 0. The topological polar surface area (TPSA) is 46.9 Å². The monoisotopic (exact) mass is 365 g/mol. The Morgan fingerprint density at radius 1 is 1.12 bits per heavy atom. The van der Waals surface area contributed by atoms with Gasteiger partial charge in [-0.2, -0.15) is 0 Å². The van der Waals surface area contributed by atoms with Crippen molar-refractivity contribution in [3.05, 3.63) is 71.0 Å². The predicted molar refractivity (Wildman–Crippen MR) is 108 cm³/mol. The number of anilines is 1. The highest BCUT2D eigenvalue weighted by atomic mass is 32.2. The Bertz CT molecular complexity index is 926. The summed E-state index contributed by atoms with van der Waals surface area (Å²) in [5.41, 5.74) is 6.66. The standard InChI is InChI=1S/C21H23N3OS/c1-14-10-15(2)12-18(11-14)23-20(25)13-26-21-22-8-9-24(21)19-7-5-6-16(3)17(19)4/h5-12H,13H2,1-4H3,(H,23,25). The van der Waals surface area contributed by atoms with Crippen molar-refractivity contribution < 1.29 is 4.79 Å². The van der Waals surface area contributed by atoms with Crippen molar-refractivity contribution >= 4 is 23.4 Å². The van der Waals surface area contributed by atoms with Gasteiger partial charge in [0.15, 0.2) is 5.16 Å². The number of amides is 1. The summed E-state index contributed by atoms with van der Waals surface area (Å²) in [4.78, 5) is 16.7. The number of benzene rings is 2. The van der Waals surface area contributed by atoms with Crippen LogP contribution in [-0.4, -0.2) is 21.2 Å². The van der Waals surface area contributed by atoms with E-state index in [0.717, 1.165) is 27.7 Å². The second-order valence-electron chi connectivity index (χ2n) is 6.51. The zero-order chi connectivity index (χ0) is 18.7. The van der Waals surface area contributed by atoms with E-state index in [4.69, 9.17) is 0 Å². The van der Waals surface area contributed by atoms with Gasteiger partial charge in [0.25, 0.3) is 0 Å². The van der Waals surface area contributed by atoms with E-state index >= 15 is 0 Å². The molecule has 1 heterocycles. The molecule has 1 amide bonds. The lowest BCUT2D eigenvalue weighted by Gasteiger charge is -2.12. The molecule has 0 unspecified atom stereocenters. The van der Waals surface area contributed by atoms with E-state index in [9.17, 15) is 4.79 Å². The maximum atomic E-state index is 12.3. The number of imidazole rings is 1. The molecule has 0 atom stereocenters. The first kappa shape index (κ1) is 18.3. The number of hydrogen-bond donors (Lipinski definition) is 1. The van der Waals surface area contributed by atoms with Crippen LogP contribution in [0.25, 0.3) is 5.69 Å². The second-order valence-corrected chi connectivity index (χ2v) is 7.45. The molecule has 1 aromatic heterocycles. The fourth-order valence-electron chi connectivity index (χ4n) is 2.95. The molecule has 0 aliphatic heterocycles. The zero-order valence-electron chi connectivity index (χ0n) is 15.5. The first-order chi connectivity index (χ1) is 12.4. The van der Waals surface area contributed by atoms with Crippen LogP contribution in [0.3, 0.4) is 0 Å². The number of carbonyl (C=O) groups is 1. The molecule has 0 radical (unpaired) electrons. The third-order valence-electron chi connectivity index (χ3n) is 4.28. The van der Waals surface area contributed by atoms with E-state index in [-0.39, 0.29) is 5.91 Å². The van der Waals surface area contributed by atoms with Crippen LogP contribution < -0.4 is 5.32 Å². The molecule has 0 saturated carbocycles. The molecule has 2 aromatic carbocycles. The molecule has 0 saturated heterocycles. The molecule has 3 rings (SSSR count). The SMILES string of the molecule is Cc1cc(C)cc(NC(=O)CSc2nccn2-c2cccc(C)c2C)c1. The van der Waals surface area contributed by atoms with Crippen molar-refractivity contribution in [1.29, 1.82) is 0 Å². The minimum atomic E-state index is -0.0319. The molecule has 0 aliphatic rings. The lowest BCUT2D eigenvalue weighted by atomic mass is 10.1. The summed E-state index contributed by atoms with van der Waals surface area (Å²) in [6.07, 6.45) is 3.71. The summed E-state index contributed by atoms with van der Waals surface area (Å²) in [6.45, 7) is 8.25. The number of nitrogens with one attached hydrogen (secondary N) is 1. The van der Waals surface area contributed by atoms with Crippen LogP contribution >= 0.6 is 11.8 Å². The van der Waals surface area contributed by atoms with Gasteiger partial charge in [-0.15, -0.1) is 0 Å². The normalized spacial score (nSPS) is 10.8. The van der Waals surface area contributed by atoms with Crippen molar-refractivity contribution in [3.63, 3.8) is 0 Å². The fourth-order valence-corrected chi connectivity index (χ4v) is 3.72. The lowest BCUT2D eigenvalue weighted by molar-refractivity contribution is -0.113. The Labute approximate surface area is 158 Å². The molecule has 0 fully saturated rings. The van der Waals surface area contributed by atoms with E-state index < -0.39 is 0 Å². The van der Waals surface area contributed by atoms with Crippen molar-refractivity contribution in [1.82, 2.24) is 9.55 Å². The number of rotatable bonds is 5. The third kappa shape index (κ3) is 4.17. The van der Waals surface area contributed by atoms with Crippen molar-refractivity contribution in [3.8, 4) is 5.69 Å². The van der Waals surface area contributed by atoms with Gasteiger partial charge in [0, 0.05) is 18.1 Å². The van der Waals surface area contributed by atoms with E-state index in [1.54, 1.807) is 6.20 Å². The maximum absolute atomic E-state index is 12.3. The van der Waals surface area contributed by atoms with Crippen molar-refractivity contribution in [2.24, 2.45) is 0 Å². The number of nitrogens with zero attached hydrogens (tertiary/aromatic N) is 2. The van der Waals surface area contributed by atoms with E-state index in [1.165, 1.54) is 22.9 Å². The van der Waals surface area contributed by atoms with E-state index in [2.05, 4.69) is 42.3 Å². The highest BCUT2D eigenvalue weighted by Crippen LogP contribution is 2.24. The van der Waals surface area contributed by atoms with E-state index in [1.807, 2.05) is 42.8 Å². The van der Waals surface area contributed by atoms with Gasteiger partial charge in [-0.25, -0.2) is 4.98 Å². The van der Waals surface area contributed by atoms with Gasteiger partial charge < -0.3 is 5.32 Å². The smallest absolute Gasteiger partial charge is 0.234 e. The third-order valence-corrected chi connectivity index (χ3v) is 5.25. The van der Waals surface area contributed by atoms with Gasteiger partial charge >= 0.3 is 0 Å². The van der Waals surface area contributed by atoms with Crippen LogP contribution in [0.5, 0.6) is 0 Å². The van der Waals surface area contributed by atoms with Crippen LogP contribution in [-0.2, 0) is 4.79 Å². The molecule has 0 spiro atoms. The molecule has 134 valence electrons. The molecular weight excluding hydrogens is 342 g/mol. The quantitative estimate of drug-likeness (QED) is 0.658. The molecule has 0 aliphatic carbocycles. The second kappa shape index (κ2) is 7.79. The Balaban J connectivity index is 1.70. The number of aromatic nitrogens is 2. The van der Waals surface area contributed by atoms with Crippen molar-refractivity contribution in [2.45, 2.75) is 32.9 Å². The average Bonchev–Trinajstić information content (AvgIpc) is 3.03. The fraction of sp³-hybridized carbons (Fsp3) is 0.238. The number of hydrogen-bond acceptors (Lipinski definition) is 3. The molecule has 5 heteroatoms. The van der Waals surface area contributed by atoms with Crippen LogP contribution in [0.15, 0.2) is 53.9 Å². The summed E-state index contributed by atoms with van der Waals surface area (Å²) in [5, 5.41) is 3.78. The molecule has 3 aromatic rings. The van der Waals surface area contributed by atoms with Crippen LogP contribution in [0.1, 0.15) is 22.3 Å². The van der Waals surface area contributed by atoms with Gasteiger partial charge in [-0.1, -0.05) is 30.0 Å². The van der Waals surface area contributed by atoms with Crippen molar-refractivity contribution in [2.75, 3.05) is 11.1 Å². The Hall–Kier alpha value is -2.53. The molecule has 0 bridgehead atoms. The summed E-state index contributed by atoms with van der Waals surface area (Å²) in [5.74, 6) is 0.282. The summed E-state index contributed by atoms with van der Waals surface area (Å²) >= 11 is 1.44. The van der Waals surface area contributed by atoms with Gasteiger partial charge in [-0.05, 0) is 68.1 Å². The van der Waals surface area contributed by atoms with Crippen LogP contribution in [0.4, 0.5) is 5.69 Å². The molecule has 26 heavy (non-hydrogen) atoms. The molecular formula is C21H23N3OS. The van der Waals surface area contributed by atoms with Gasteiger partial charge in [0.1, 0.15) is 0 Å². The highest BCUT2D eigenvalue weighted by Gasteiger charge is 2.11. The van der Waals surface area contributed by atoms with Crippen LogP contribution in [0, 0.1) is 27.7 Å². The number of carbonyl (C=O) groups excluding carboxylic acids is 1. The Morgan fingerprint density at radius 2 is 1.85 bits per heavy atom. The first-order valence-electron chi connectivity index (χ1n) is 8.55. The molecule has 1 N–H and O–H groups in total. The van der Waals surface area contributed by atoms with Gasteiger partial charge in [0.05, 0.1) is 11.4 Å². The summed E-state index contributed by atoms with van der Waals surface area (Å²) in [6, 6.07) is 12.3. The zero-order valence-corrected chi connectivity index (χ0v) is 16.4. The number of thioether (sulfide) groups is 1. The minimum Gasteiger partial charge on any atom is -0.325 e. The van der Waals surface area contributed by atoms with Crippen LogP contribution in [0.2, 0.25) is 0 Å². The number of aryl methyl sites for hydroxylation is 3. The maximum Gasteiger partial charge on any atom is 0.234 e. The van der Waals surface area contributed by atoms with Gasteiger partial charge in [0.2, 0.25) is 5.91 Å². The first-order valence-corrected chi connectivity index (χ1v) is 9.53. The molecule has 4 nitrogen and oxygen atoms in total. The summed E-state index contributed by atoms with van der Waals surface area (Å²) < 4.78 is 2.04. The highest BCUT2D eigenvalue weighted by molar-refractivity contribution is 7.99. The Kier molecular flexibility index (Phi) is 5.47. The minimum absolute atomic E-state index is 0.0319.